The fourth-order valence-corrected chi connectivity index (χ4v) is 20.4. The molecule has 0 aromatic rings. The SMILES string of the molecule is C=C1NC(=O)C=CN1[C@@H]1O[C@@]2(CCP(=C)(C)C)CO[C@@H]1[C@@H]2O.C=C1NC(=O)C=CN1[C@@H]1O[C@H](CCP(=C)(C)C)[C@@H](O)[C@H]1Br.C=C1NC(=O)C=CN1[C@@H]1O[C@H](CCP(=C)(C)C)[C@@H](O)[C@H]1Cl.C=C1NC(=O)C=CN1[C@@H]1O[C@H](CCP(=C)(C)C)[C@@H](O)[C@H]1I.C=C1NC(=O)C=CN1[C@@H]1O[C@H](CCP(=C)(C)C)[C@@H](O)[C@H]1I. The molecule has 0 spiro atoms. The number of aliphatic hydroxyl groups excluding tert-OH is 5. The minimum absolute atomic E-state index is 0.0877. The van der Waals surface area contributed by atoms with Gasteiger partial charge >= 0.3 is 0 Å². The second-order valence-corrected chi connectivity index (χ2v) is 57.3. The van der Waals surface area contributed by atoms with Crippen molar-refractivity contribution in [2.45, 2.75) is 148 Å². The Hall–Kier alpha value is -2.96. The smallest absolute Gasteiger partial charge is 0.250 e. The molecule has 11 aliphatic heterocycles. The van der Waals surface area contributed by atoms with Crippen molar-refractivity contribution in [3.8, 4) is 0 Å². The predicted octanol–water partition coefficient (Wildman–Crippen LogP) is 5.69. The van der Waals surface area contributed by atoms with Gasteiger partial charge in [-0.1, -0.05) is 94.0 Å². The van der Waals surface area contributed by atoms with Crippen molar-refractivity contribution in [3.05, 3.63) is 123 Å². The predicted molar refractivity (Wildman–Crippen MR) is 458 cm³/mol. The zero-order chi connectivity index (χ0) is 79.3. The van der Waals surface area contributed by atoms with Crippen LogP contribution in [0.3, 0.4) is 0 Å². The van der Waals surface area contributed by atoms with Gasteiger partial charge in [-0.15, -0.1) is 77.5 Å². The van der Waals surface area contributed by atoms with Crippen molar-refractivity contribution in [2.24, 2.45) is 0 Å². The molecule has 0 unspecified atom stereocenters. The molecule has 0 aliphatic carbocycles. The summed E-state index contributed by atoms with van der Waals surface area (Å²) in [7, 11) is 0. The number of halogens is 4. The van der Waals surface area contributed by atoms with Crippen LogP contribution in [-0.4, -0.2) is 331 Å². The van der Waals surface area contributed by atoms with E-state index in [1.807, 2.05) is 0 Å². The Morgan fingerprint density at radius 3 is 1.05 bits per heavy atom. The van der Waals surface area contributed by atoms with E-state index in [2.05, 4.69) is 219 Å². The number of carbonyl (C=O) groups excluding carboxylic acids is 5. The molecule has 0 aromatic heterocycles. The first-order valence-corrected chi connectivity index (χ1v) is 53.7. The van der Waals surface area contributed by atoms with E-state index in [9.17, 15) is 49.5 Å². The van der Waals surface area contributed by atoms with Gasteiger partial charge < -0.3 is 105 Å². The molecule has 6 fully saturated rings. The number of nitrogens with zero attached hydrogens (tertiary/aromatic N) is 5. The highest BCUT2D eigenvalue weighted by atomic mass is 127. The van der Waals surface area contributed by atoms with E-state index in [1.165, 1.54) is 30.4 Å². The van der Waals surface area contributed by atoms with E-state index in [-0.39, 0.29) is 85.3 Å². The average molecular weight is 1880 g/mol. The average Bonchev–Trinajstić information content (AvgIpc) is 1.57. The molecule has 26 nitrogen and oxygen atoms in total. The normalized spacial score (nSPS) is 34.3. The topological polar surface area (TPSA) is 318 Å². The van der Waals surface area contributed by atoms with Crippen molar-refractivity contribution in [1.82, 2.24) is 51.1 Å². The number of hydrogen-bond donors (Lipinski definition) is 10. The Labute approximate surface area is 667 Å². The van der Waals surface area contributed by atoms with Gasteiger partial charge in [-0.2, -0.15) is 0 Å². The van der Waals surface area contributed by atoms with Crippen LogP contribution in [0.4, 0.5) is 0 Å². The third-order valence-corrected chi connectivity index (χ3v) is 30.1. The first-order chi connectivity index (χ1) is 49.0. The van der Waals surface area contributed by atoms with Gasteiger partial charge in [-0.05, 0) is 130 Å². The summed E-state index contributed by atoms with van der Waals surface area (Å²) in [5, 5.41) is 64.5. The number of ether oxygens (including phenoxy) is 6. The Morgan fingerprint density at radius 2 is 0.726 bits per heavy atom. The molecule has 0 aromatic carbocycles. The van der Waals surface area contributed by atoms with Crippen molar-refractivity contribution in [3.63, 3.8) is 0 Å². The minimum Gasteiger partial charge on any atom is -0.389 e. The van der Waals surface area contributed by atoms with Gasteiger partial charge in [0, 0.05) is 61.4 Å². The third kappa shape index (κ3) is 24.8. The van der Waals surface area contributed by atoms with Crippen LogP contribution in [0.15, 0.2) is 123 Å². The largest absolute Gasteiger partial charge is 0.389 e. The second kappa shape index (κ2) is 37.3. The van der Waals surface area contributed by atoms with Gasteiger partial charge in [0.05, 0.1) is 62.0 Å². The fraction of sp³-hybridized carbons (Fsp3) is 0.577. The molecule has 106 heavy (non-hydrogen) atoms. The van der Waals surface area contributed by atoms with Crippen LogP contribution in [0.5, 0.6) is 0 Å². The number of fused-ring (bicyclic) bond motifs is 2. The minimum atomic E-state index is -1.20. The number of alkyl halides is 4. The van der Waals surface area contributed by atoms with Crippen molar-refractivity contribution in [1.29, 1.82) is 0 Å². The van der Waals surface area contributed by atoms with Crippen LogP contribution < -0.4 is 26.6 Å². The lowest BCUT2D eigenvalue weighted by Gasteiger charge is -2.38. The molecule has 11 heterocycles. The number of amides is 5. The van der Waals surface area contributed by atoms with Crippen LogP contribution in [0.2, 0.25) is 0 Å². The standard InChI is InChI=1S/C15H23N2O4P.C14H22BrN2O3P.C14H22ClN2O3P.2C14H22IN2O3P/c1-10-16-11(18)5-7-17(10)14-12-13(19)15(21-14,9-20-12)6-8-22(2,3)4;4*1-9-16-11(18)5-7-17(9)14-12(15)13(19)10(20-14)6-8-21(2,3)4/h5,7,12-14,19H,1-2,6,8-9H2,3-4H3,(H,16,18);4*5,7,10,12-14,19H,1-2,6,8H2,3-4H3,(H,16,18)/t12-,13+,14-,15+;4*10-,12-,13-,14-/m11111/s1. The number of carbonyl (C=O) groups is 5. The summed E-state index contributed by atoms with van der Waals surface area (Å²) in [5.74, 6) is 1.19. The van der Waals surface area contributed by atoms with E-state index >= 15 is 0 Å². The van der Waals surface area contributed by atoms with Gasteiger partial charge in [-0.3, -0.25) is 24.0 Å². The van der Waals surface area contributed by atoms with Crippen LogP contribution in [0.1, 0.15) is 32.1 Å². The summed E-state index contributed by atoms with van der Waals surface area (Å²) in [6.07, 6.45) is 38.3. The highest BCUT2D eigenvalue weighted by Gasteiger charge is 2.62. The summed E-state index contributed by atoms with van der Waals surface area (Å²) in [5.41, 5.74) is -0.681. The Balaban J connectivity index is 0.000000185. The highest BCUT2D eigenvalue weighted by Crippen LogP contribution is 2.49. The molecule has 0 radical (unpaired) electrons. The molecule has 6 saturated heterocycles. The molecule has 594 valence electrons. The molecule has 35 heteroatoms. The molecule has 11 rings (SSSR count). The van der Waals surface area contributed by atoms with E-state index in [0.717, 1.165) is 62.9 Å². The molecular formula is C71H111BrClI2N10O16P5. The van der Waals surface area contributed by atoms with Crippen LogP contribution in [-0.2, 0) is 52.4 Å². The van der Waals surface area contributed by atoms with Crippen LogP contribution in [0, 0.1) is 0 Å². The molecule has 10 N–H and O–H groups in total. The maximum absolute atomic E-state index is 11.3. The first kappa shape index (κ1) is 90.2. The Kier molecular flexibility index (Phi) is 31.8. The van der Waals surface area contributed by atoms with E-state index < -0.39 is 94.5 Å². The number of hydrogen-bond acceptors (Lipinski definition) is 21. The van der Waals surface area contributed by atoms with Gasteiger partial charge in [0.1, 0.15) is 70.9 Å². The van der Waals surface area contributed by atoms with E-state index in [1.54, 1.807) is 55.5 Å². The summed E-state index contributed by atoms with van der Waals surface area (Å²) in [4.78, 5) is 64.8. The molecule has 20 atom stereocenters. The second-order valence-electron chi connectivity index (χ2n) is 31.3. The molecular weight excluding hydrogens is 1770 g/mol. The highest BCUT2D eigenvalue weighted by molar-refractivity contribution is 14.1. The molecule has 11 aliphatic rings. The lowest BCUT2D eigenvalue weighted by molar-refractivity contribution is -0.182. The zero-order valence-electron chi connectivity index (χ0n) is 62.3. The van der Waals surface area contributed by atoms with E-state index in [4.69, 9.17) is 40.0 Å². The number of rotatable bonds is 20. The Morgan fingerprint density at radius 1 is 0.453 bits per heavy atom. The van der Waals surface area contributed by atoms with Gasteiger partial charge in [-0.25, -0.2) is 0 Å². The summed E-state index contributed by atoms with van der Waals surface area (Å²) >= 11 is 14.2. The van der Waals surface area contributed by atoms with Crippen molar-refractivity contribution >= 4 is 168 Å². The number of aliphatic hydroxyl groups is 5. The first-order valence-electron chi connectivity index (χ1n) is 34.5. The number of nitrogens with one attached hydrogen (secondary N) is 5. The molecule has 0 saturated carbocycles. The quantitative estimate of drug-likeness (QED) is 0.0398. The maximum Gasteiger partial charge on any atom is 0.250 e. The van der Waals surface area contributed by atoms with Gasteiger partial charge in [0.25, 0.3) is 29.5 Å². The fourth-order valence-electron chi connectivity index (χ4n) is 12.5. The summed E-state index contributed by atoms with van der Waals surface area (Å²) in [6.45, 7) is 35.4. The maximum atomic E-state index is 11.3. The molecule has 5 amide bonds. The van der Waals surface area contributed by atoms with Gasteiger partial charge in [0.15, 0.2) is 18.7 Å². The Bertz CT molecular complexity index is 3380. The van der Waals surface area contributed by atoms with E-state index in [0.29, 0.717) is 35.7 Å². The monoisotopic (exact) mass is 1880 g/mol. The summed E-state index contributed by atoms with van der Waals surface area (Å²) in [6, 6.07) is 0. The lowest BCUT2D eigenvalue weighted by atomic mass is 9.96. The van der Waals surface area contributed by atoms with Crippen molar-refractivity contribution in [2.75, 3.05) is 104 Å². The zero-order valence-corrected chi connectivity index (χ0v) is 73.4. The van der Waals surface area contributed by atoms with Gasteiger partial charge in [0.2, 0.25) is 0 Å². The lowest BCUT2D eigenvalue weighted by Crippen LogP contribution is -2.49. The third-order valence-electron chi connectivity index (χ3n) is 18.6. The van der Waals surface area contributed by atoms with Crippen LogP contribution >= 0.6 is 107 Å². The van der Waals surface area contributed by atoms with Crippen LogP contribution in [0.25, 0.3) is 0 Å². The summed E-state index contributed by atoms with van der Waals surface area (Å²) < 4.78 is 35.7. The van der Waals surface area contributed by atoms with Crippen molar-refractivity contribution < 1.29 is 77.9 Å². The molecule has 2 bridgehead atoms.